The van der Waals surface area contributed by atoms with Gasteiger partial charge in [0, 0.05) is 31.7 Å². The van der Waals surface area contributed by atoms with Crippen molar-refractivity contribution in [1.29, 1.82) is 0 Å². The number of hydrogen-bond acceptors (Lipinski definition) is 4. The van der Waals surface area contributed by atoms with Crippen LogP contribution in [0, 0.1) is 5.92 Å². The zero-order chi connectivity index (χ0) is 18.7. The van der Waals surface area contributed by atoms with Crippen molar-refractivity contribution in [2.24, 2.45) is 5.92 Å². The minimum atomic E-state index is -0.942. The van der Waals surface area contributed by atoms with Crippen molar-refractivity contribution in [1.82, 2.24) is 4.90 Å². The summed E-state index contributed by atoms with van der Waals surface area (Å²) in [7, 11) is 0. The number of ether oxygens (including phenoxy) is 1. The number of carboxylic acid groups (broad SMARTS) is 1. The molecule has 1 aromatic rings. The smallest absolute Gasteiger partial charge is 0.306 e. The molecule has 2 aliphatic rings. The maximum Gasteiger partial charge on any atom is 0.306 e. The Labute approximate surface area is 152 Å². The monoisotopic (exact) mass is 360 g/mol. The lowest BCUT2D eigenvalue weighted by atomic mass is 10.1. The molecular formula is C19H24N2O5. The van der Waals surface area contributed by atoms with Crippen LogP contribution in [0.15, 0.2) is 24.3 Å². The molecule has 2 heterocycles. The minimum Gasteiger partial charge on any atom is -0.481 e. The molecule has 7 nitrogen and oxygen atoms in total. The van der Waals surface area contributed by atoms with Gasteiger partial charge in [-0.3, -0.25) is 14.4 Å². The van der Waals surface area contributed by atoms with E-state index in [1.807, 2.05) is 31.2 Å². The summed E-state index contributed by atoms with van der Waals surface area (Å²) in [5.74, 6) is -1.47. The van der Waals surface area contributed by atoms with Gasteiger partial charge in [0.05, 0.1) is 25.0 Å². The van der Waals surface area contributed by atoms with Crippen LogP contribution in [0.3, 0.4) is 0 Å². The Bertz CT molecular complexity index is 705. The Balaban J connectivity index is 1.68. The van der Waals surface area contributed by atoms with Crippen molar-refractivity contribution in [3.63, 3.8) is 0 Å². The van der Waals surface area contributed by atoms with E-state index in [9.17, 15) is 14.4 Å². The largest absolute Gasteiger partial charge is 0.481 e. The molecule has 3 rings (SSSR count). The van der Waals surface area contributed by atoms with Crippen molar-refractivity contribution >= 4 is 23.5 Å². The van der Waals surface area contributed by atoms with Gasteiger partial charge in [0.15, 0.2) is 0 Å². The molecule has 0 unspecified atom stereocenters. The van der Waals surface area contributed by atoms with Crippen molar-refractivity contribution in [2.45, 2.75) is 32.3 Å². The van der Waals surface area contributed by atoms with Crippen LogP contribution >= 0.6 is 0 Å². The fourth-order valence-electron chi connectivity index (χ4n) is 3.67. The summed E-state index contributed by atoms with van der Waals surface area (Å²) in [5.41, 5.74) is 1.96. The van der Waals surface area contributed by atoms with E-state index in [0.29, 0.717) is 19.7 Å². The second-order valence-electron chi connectivity index (χ2n) is 6.76. The average molecular weight is 360 g/mol. The van der Waals surface area contributed by atoms with Gasteiger partial charge in [-0.2, -0.15) is 0 Å². The number of carbonyl (C=O) groups excluding carboxylic acids is 2. The van der Waals surface area contributed by atoms with E-state index in [0.717, 1.165) is 17.7 Å². The second kappa shape index (κ2) is 7.86. The van der Waals surface area contributed by atoms with Crippen LogP contribution in [-0.4, -0.2) is 60.1 Å². The SMILES string of the molecule is CCc1ccccc1N1C[C@@H](C(=O)N2CCO[C@@H](CC(=O)O)C2)CC1=O. The molecule has 2 atom stereocenters. The molecule has 140 valence electrons. The molecule has 26 heavy (non-hydrogen) atoms. The third kappa shape index (κ3) is 3.88. The number of aliphatic carboxylic acids is 1. The fourth-order valence-corrected chi connectivity index (χ4v) is 3.67. The average Bonchev–Trinajstić information content (AvgIpc) is 3.02. The van der Waals surface area contributed by atoms with E-state index in [4.69, 9.17) is 9.84 Å². The van der Waals surface area contributed by atoms with Crippen LogP contribution in [0.5, 0.6) is 0 Å². The van der Waals surface area contributed by atoms with Gasteiger partial charge >= 0.3 is 5.97 Å². The normalized spacial score (nSPS) is 23.3. The number of carbonyl (C=O) groups is 3. The molecule has 0 aromatic heterocycles. The van der Waals surface area contributed by atoms with Crippen LogP contribution < -0.4 is 4.90 Å². The van der Waals surface area contributed by atoms with E-state index in [1.54, 1.807) is 9.80 Å². The van der Waals surface area contributed by atoms with E-state index in [2.05, 4.69) is 0 Å². The van der Waals surface area contributed by atoms with Crippen LogP contribution in [0.25, 0.3) is 0 Å². The highest BCUT2D eigenvalue weighted by molar-refractivity contribution is 6.00. The highest BCUT2D eigenvalue weighted by atomic mass is 16.5. The van der Waals surface area contributed by atoms with Crippen molar-refractivity contribution in [3.05, 3.63) is 29.8 Å². The Morgan fingerprint density at radius 1 is 1.27 bits per heavy atom. The molecule has 1 N–H and O–H groups in total. The third-order valence-corrected chi connectivity index (χ3v) is 4.99. The summed E-state index contributed by atoms with van der Waals surface area (Å²) in [6, 6.07) is 7.76. The quantitative estimate of drug-likeness (QED) is 0.855. The van der Waals surface area contributed by atoms with Gasteiger partial charge in [0.25, 0.3) is 0 Å². The van der Waals surface area contributed by atoms with Crippen molar-refractivity contribution in [2.75, 3.05) is 31.1 Å². The van der Waals surface area contributed by atoms with E-state index in [1.165, 1.54) is 0 Å². The molecule has 0 bridgehead atoms. The Kier molecular flexibility index (Phi) is 5.56. The maximum absolute atomic E-state index is 12.9. The number of morpholine rings is 1. The lowest BCUT2D eigenvalue weighted by Crippen LogP contribution is -2.48. The van der Waals surface area contributed by atoms with Gasteiger partial charge in [-0.15, -0.1) is 0 Å². The summed E-state index contributed by atoms with van der Waals surface area (Å²) in [5, 5.41) is 8.91. The molecule has 2 amide bonds. The number of anilines is 1. The Morgan fingerprint density at radius 2 is 2.04 bits per heavy atom. The van der Waals surface area contributed by atoms with Crippen LogP contribution in [0.4, 0.5) is 5.69 Å². The first-order chi connectivity index (χ1) is 12.5. The van der Waals surface area contributed by atoms with E-state index in [-0.39, 0.29) is 31.2 Å². The third-order valence-electron chi connectivity index (χ3n) is 4.99. The van der Waals surface area contributed by atoms with Crippen molar-refractivity contribution < 1.29 is 24.2 Å². The number of amides is 2. The van der Waals surface area contributed by atoms with Crippen molar-refractivity contribution in [3.8, 4) is 0 Å². The maximum atomic E-state index is 12.9. The summed E-state index contributed by atoms with van der Waals surface area (Å²) in [6.45, 7) is 3.44. The van der Waals surface area contributed by atoms with Gasteiger partial charge in [-0.1, -0.05) is 25.1 Å². The van der Waals surface area contributed by atoms with Gasteiger partial charge in [0.1, 0.15) is 0 Å². The summed E-state index contributed by atoms with van der Waals surface area (Å²) < 4.78 is 5.42. The number of benzene rings is 1. The number of carboxylic acids is 1. The number of rotatable bonds is 5. The molecule has 2 fully saturated rings. The highest BCUT2D eigenvalue weighted by Gasteiger charge is 2.39. The summed E-state index contributed by atoms with van der Waals surface area (Å²) in [6.07, 6.45) is 0.402. The molecule has 2 saturated heterocycles. The number of nitrogens with zero attached hydrogens (tertiary/aromatic N) is 2. The highest BCUT2D eigenvalue weighted by Crippen LogP contribution is 2.29. The predicted octanol–water partition coefficient (Wildman–Crippen LogP) is 1.30. The van der Waals surface area contributed by atoms with Crippen LogP contribution in [0.2, 0.25) is 0 Å². The molecular weight excluding hydrogens is 336 g/mol. The predicted molar refractivity (Wildman–Crippen MR) is 94.9 cm³/mol. The molecule has 0 saturated carbocycles. The molecule has 0 aliphatic carbocycles. The van der Waals surface area contributed by atoms with Gasteiger partial charge in [-0.25, -0.2) is 0 Å². The minimum absolute atomic E-state index is 0.0420. The molecule has 0 radical (unpaired) electrons. The van der Waals surface area contributed by atoms with E-state index < -0.39 is 18.0 Å². The van der Waals surface area contributed by atoms with Crippen LogP contribution in [0.1, 0.15) is 25.3 Å². The number of para-hydroxylation sites is 1. The zero-order valence-electron chi connectivity index (χ0n) is 14.9. The standard InChI is InChI=1S/C19H24N2O5/c1-2-13-5-3-4-6-16(13)21-11-14(9-17(21)22)19(25)20-7-8-26-15(12-20)10-18(23)24/h3-6,14-15H,2,7-12H2,1H3,(H,23,24)/t14-,15-/m0/s1. The number of hydrogen-bond donors (Lipinski definition) is 1. The zero-order valence-corrected chi connectivity index (χ0v) is 14.9. The first kappa shape index (κ1) is 18.4. The first-order valence-electron chi connectivity index (χ1n) is 9.00. The van der Waals surface area contributed by atoms with Gasteiger partial charge < -0.3 is 19.6 Å². The summed E-state index contributed by atoms with van der Waals surface area (Å²) in [4.78, 5) is 39.6. The molecule has 1 aromatic carbocycles. The first-order valence-corrected chi connectivity index (χ1v) is 9.00. The molecule has 0 spiro atoms. The van der Waals surface area contributed by atoms with E-state index >= 15 is 0 Å². The van der Waals surface area contributed by atoms with Crippen LogP contribution in [-0.2, 0) is 25.5 Å². The fraction of sp³-hybridized carbons (Fsp3) is 0.526. The number of aryl methyl sites for hydroxylation is 1. The van der Waals surface area contributed by atoms with Gasteiger partial charge in [-0.05, 0) is 18.1 Å². The Hall–Kier alpha value is -2.41. The lowest BCUT2D eigenvalue weighted by molar-refractivity contribution is -0.149. The van der Waals surface area contributed by atoms with Gasteiger partial charge in [0.2, 0.25) is 11.8 Å². The lowest BCUT2D eigenvalue weighted by Gasteiger charge is -2.33. The summed E-state index contributed by atoms with van der Waals surface area (Å²) >= 11 is 0. The topological polar surface area (TPSA) is 87.2 Å². The molecule has 7 heteroatoms. The second-order valence-corrected chi connectivity index (χ2v) is 6.76. The Morgan fingerprint density at radius 3 is 2.77 bits per heavy atom. The molecule has 2 aliphatic heterocycles.